The Morgan fingerprint density at radius 2 is 1.38 bits per heavy atom. The Morgan fingerprint density at radius 1 is 0.828 bits per heavy atom. The number of carbonyl (C=O) groups excluding carboxylic acids is 7. The highest BCUT2D eigenvalue weighted by atomic mass is 16.3. The third-order valence-corrected chi connectivity index (χ3v) is 9.30. The minimum atomic E-state index is -1.41. The number of guanidine groups is 1. The monoisotopic (exact) mass is 817 g/mol. The highest BCUT2D eigenvalue weighted by Crippen LogP contribution is 2.20. The van der Waals surface area contributed by atoms with Gasteiger partial charge in [-0.1, -0.05) is 0 Å². The van der Waals surface area contributed by atoms with E-state index < -0.39 is 95.9 Å². The molecule has 0 spiro atoms. The number of nitrogens with two attached hydrogens (primary N) is 3. The van der Waals surface area contributed by atoms with Gasteiger partial charge >= 0.3 is 0 Å². The summed E-state index contributed by atoms with van der Waals surface area (Å²) < 4.78 is 0. The molecule has 0 saturated carbocycles. The van der Waals surface area contributed by atoms with Crippen molar-refractivity contribution in [3.8, 4) is 0 Å². The molecule has 1 fully saturated rings. The number of carbonyl (C=O) groups is 7. The van der Waals surface area contributed by atoms with Crippen molar-refractivity contribution in [2.24, 2.45) is 17.2 Å². The molecule has 1 aliphatic rings. The number of nitrogens with one attached hydrogen (secondary N) is 9. The van der Waals surface area contributed by atoms with Crippen molar-refractivity contribution in [2.45, 2.75) is 114 Å². The van der Waals surface area contributed by atoms with Crippen LogP contribution >= 0.6 is 0 Å². The van der Waals surface area contributed by atoms with Crippen LogP contribution < -0.4 is 49.1 Å². The van der Waals surface area contributed by atoms with Gasteiger partial charge in [0.15, 0.2) is 5.96 Å². The number of hydrogen-bond donors (Lipinski definition) is 14. The average molecular weight is 818 g/mol. The molecule has 2 aromatic heterocycles. The highest BCUT2D eigenvalue weighted by molar-refractivity contribution is 5.97. The molecule has 0 aliphatic carbocycles. The summed E-state index contributed by atoms with van der Waals surface area (Å²) in [6.07, 6.45) is 3.75. The highest BCUT2D eigenvalue weighted by Gasteiger charge is 2.40. The summed E-state index contributed by atoms with van der Waals surface area (Å²) in [5.41, 5.74) is 17.2. The number of imidazole rings is 2. The minimum absolute atomic E-state index is 0.000492. The van der Waals surface area contributed by atoms with Crippen molar-refractivity contribution in [3.63, 3.8) is 0 Å². The molecule has 1 aliphatic heterocycles. The Hall–Kier alpha value is -6.14. The standard InChI is InChI=1S/C34H55N15O9/c1-16(28(53)48-26(18(3)51)27(36)52)44-31(56)24-7-5-9-49(24)33(58)21(6-4-8-41-34(37)38)45-29(54)22(10-19-12-39-14-42-19)46-30(55)23(11-20-13-40-15-43-20)47-32(57)25(35)17(2)50/h12-18,21-26,50-51H,4-11,35H2,1-3H3,(H2,36,52)(H,39,42)(H,40,43)(H,44,56)(H,45,54)(H,46,55)(H,47,57)(H,48,53)(H4,37,38,41)/t16-,17+,18+,21-,22-,23-,24-,25-,26-/m0/s1. The average Bonchev–Trinajstić information content (AvgIpc) is 3.97. The van der Waals surface area contributed by atoms with Gasteiger partial charge < -0.3 is 74.2 Å². The number of amides is 7. The zero-order valence-electron chi connectivity index (χ0n) is 32.5. The van der Waals surface area contributed by atoms with Crippen molar-refractivity contribution >= 4 is 47.3 Å². The van der Waals surface area contributed by atoms with Gasteiger partial charge in [0, 0.05) is 38.3 Å². The van der Waals surface area contributed by atoms with Crippen molar-refractivity contribution in [3.05, 3.63) is 36.4 Å². The number of H-pyrrole nitrogens is 2. The molecule has 9 atom stereocenters. The van der Waals surface area contributed by atoms with Crippen molar-refractivity contribution < 1.29 is 43.8 Å². The third kappa shape index (κ3) is 13.8. The van der Waals surface area contributed by atoms with E-state index in [2.05, 4.69) is 51.8 Å². The van der Waals surface area contributed by atoms with Gasteiger partial charge in [0.05, 0.1) is 36.3 Å². The van der Waals surface area contributed by atoms with Crippen LogP contribution in [0, 0.1) is 5.41 Å². The first-order valence-corrected chi connectivity index (χ1v) is 18.7. The lowest BCUT2D eigenvalue weighted by Crippen LogP contribution is -2.60. The molecule has 24 nitrogen and oxygen atoms in total. The van der Waals surface area contributed by atoms with E-state index >= 15 is 0 Å². The van der Waals surface area contributed by atoms with E-state index in [0.717, 1.165) is 0 Å². The number of aromatic nitrogens is 4. The van der Waals surface area contributed by atoms with Crippen LogP contribution in [0.25, 0.3) is 0 Å². The van der Waals surface area contributed by atoms with E-state index in [1.165, 1.54) is 50.7 Å². The van der Waals surface area contributed by atoms with Crippen LogP contribution in [0.5, 0.6) is 0 Å². The maximum atomic E-state index is 14.2. The largest absolute Gasteiger partial charge is 0.391 e. The fraction of sp³-hybridized carbons (Fsp3) is 0.588. The fourth-order valence-electron chi connectivity index (χ4n) is 6.05. The van der Waals surface area contributed by atoms with Crippen molar-refractivity contribution in [1.82, 2.24) is 56.7 Å². The Balaban J connectivity index is 1.84. The second kappa shape index (κ2) is 22.0. The van der Waals surface area contributed by atoms with Crippen LogP contribution in [0.3, 0.4) is 0 Å². The number of aromatic amines is 2. The lowest BCUT2D eigenvalue weighted by atomic mass is 10.0. The molecule has 0 aromatic carbocycles. The van der Waals surface area contributed by atoms with Crippen molar-refractivity contribution in [1.29, 1.82) is 5.41 Å². The molecule has 3 heterocycles. The first kappa shape index (κ1) is 46.2. The zero-order valence-corrected chi connectivity index (χ0v) is 32.5. The molecule has 0 unspecified atom stereocenters. The molecule has 1 saturated heterocycles. The summed E-state index contributed by atoms with van der Waals surface area (Å²) in [6.45, 7) is 4.19. The van der Waals surface area contributed by atoms with Crippen LogP contribution in [0.4, 0.5) is 0 Å². The fourth-order valence-corrected chi connectivity index (χ4v) is 6.05. The minimum Gasteiger partial charge on any atom is -0.391 e. The van der Waals surface area contributed by atoms with Gasteiger partial charge in [-0.2, -0.15) is 0 Å². The molecule has 0 bridgehead atoms. The number of aliphatic hydroxyl groups excluding tert-OH is 2. The van der Waals surface area contributed by atoms with E-state index in [4.69, 9.17) is 22.6 Å². The molecule has 24 heteroatoms. The first-order valence-electron chi connectivity index (χ1n) is 18.7. The molecular formula is C34H55N15O9. The lowest BCUT2D eigenvalue weighted by Gasteiger charge is -2.31. The molecule has 0 radical (unpaired) electrons. The number of rotatable bonds is 22. The van der Waals surface area contributed by atoms with Crippen LogP contribution in [-0.2, 0) is 46.4 Å². The lowest BCUT2D eigenvalue weighted by molar-refractivity contribution is -0.142. The summed E-state index contributed by atoms with van der Waals surface area (Å²) in [7, 11) is 0. The van der Waals surface area contributed by atoms with E-state index in [-0.39, 0.29) is 51.2 Å². The molecular weight excluding hydrogens is 762 g/mol. The predicted molar refractivity (Wildman–Crippen MR) is 204 cm³/mol. The smallest absolute Gasteiger partial charge is 0.245 e. The third-order valence-electron chi connectivity index (χ3n) is 9.30. The Kier molecular flexibility index (Phi) is 17.5. The summed E-state index contributed by atoms with van der Waals surface area (Å²) >= 11 is 0. The van der Waals surface area contributed by atoms with Crippen LogP contribution in [0.15, 0.2) is 25.0 Å². The quantitative estimate of drug-likeness (QED) is 0.0299. The molecule has 58 heavy (non-hydrogen) atoms. The van der Waals surface area contributed by atoms with Crippen LogP contribution in [-0.4, -0.2) is 150 Å². The summed E-state index contributed by atoms with van der Waals surface area (Å²) in [4.78, 5) is 108. The number of primary amides is 1. The normalized spacial score (nSPS) is 17.9. The molecule has 2 aromatic rings. The number of likely N-dealkylation sites (tertiary alicyclic amines) is 1. The van der Waals surface area contributed by atoms with Crippen LogP contribution in [0.2, 0.25) is 0 Å². The maximum absolute atomic E-state index is 14.2. The Labute approximate surface area is 333 Å². The van der Waals surface area contributed by atoms with E-state index in [0.29, 0.717) is 17.8 Å². The van der Waals surface area contributed by atoms with E-state index in [1.807, 2.05) is 0 Å². The van der Waals surface area contributed by atoms with Gasteiger partial charge in [-0.15, -0.1) is 0 Å². The summed E-state index contributed by atoms with van der Waals surface area (Å²) in [5.74, 6) is -5.90. The summed E-state index contributed by atoms with van der Waals surface area (Å²) in [6, 6.07) is -8.98. The van der Waals surface area contributed by atoms with Gasteiger partial charge in [0.25, 0.3) is 0 Å². The molecule has 17 N–H and O–H groups in total. The number of aliphatic hydroxyl groups is 2. The first-order chi connectivity index (χ1) is 27.4. The topological polar surface area (TPSA) is 395 Å². The van der Waals surface area contributed by atoms with Gasteiger partial charge in [0.1, 0.15) is 42.3 Å². The predicted octanol–water partition coefficient (Wildman–Crippen LogP) is -5.81. The number of nitrogens with zero attached hydrogens (tertiary/aromatic N) is 3. The molecule has 320 valence electrons. The van der Waals surface area contributed by atoms with Gasteiger partial charge in [-0.3, -0.25) is 39.0 Å². The molecule has 3 rings (SSSR count). The van der Waals surface area contributed by atoms with Crippen LogP contribution in [0.1, 0.15) is 57.8 Å². The van der Waals surface area contributed by atoms with Gasteiger partial charge in [-0.25, -0.2) is 9.97 Å². The number of hydrogen-bond acceptors (Lipinski definition) is 13. The maximum Gasteiger partial charge on any atom is 0.245 e. The van der Waals surface area contributed by atoms with Gasteiger partial charge in [-0.05, 0) is 46.5 Å². The van der Waals surface area contributed by atoms with E-state index in [9.17, 15) is 43.8 Å². The Bertz CT molecular complexity index is 1720. The zero-order chi connectivity index (χ0) is 43.1. The van der Waals surface area contributed by atoms with Crippen molar-refractivity contribution in [2.75, 3.05) is 13.1 Å². The van der Waals surface area contributed by atoms with Gasteiger partial charge in [0.2, 0.25) is 41.4 Å². The summed E-state index contributed by atoms with van der Waals surface area (Å²) in [5, 5.41) is 42.4. The van der Waals surface area contributed by atoms with E-state index in [1.54, 1.807) is 0 Å². The Morgan fingerprint density at radius 3 is 1.86 bits per heavy atom. The second-order valence-corrected chi connectivity index (χ2v) is 14.0. The SMILES string of the molecule is C[C@H](NC(=O)[C@@H]1CCCN1C(=O)[C@H](CCCNC(=N)N)NC(=O)[C@H](Cc1c[nH]cn1)NC(=O)[C@H](Cc1c[nH]cn1)NC(=O)[C@@H](N)[C@@H](C)O)C(=O)N[C@H](C(N)=O)[C@@H](C)O. The second-order valence-electron chi connectivity index (χ2n) is 14.0. The molecule has 7 amide bonds.